The minimum absolute atomic E-state index is 0.128. The summed E-state index contributed by atoms with van der Waals surface area (Å²) in [7, 11) is 0. The molecule has 8 heteroatoms. The summed E-state index contributed by atoms with van der Waals surface area (Å²) in [5.74, 6) is -0.169. The number of H-pyrrole nitrogens is 1. The molecule has 0 radical (unpaired) electrons. The number of hydrogen-bond donors (Lipinski definition) is 3. The average molecular weight is 502 g/mol. The first-order valence-electron chi connectivity index (χ1n) is 11.8. The molecule has 0 aliphatic carbocycles. The van der Waals surface area contributed by atoms with Gasteiger partial charge in [-0.2, -0.15) is 5.10 Å². The summed E-state index contributed by atoms with van der Waals surface area (Å²) in [5.41, 5.74) is 5.59. The van der Waals surface area contributed by atoms with Crippen molar-refractivity contribution in [3.05, 3.63) is 89.2 Å². The second kappa shape index (κ2) is 11.6. The van der Waals surface area contributed by atoms with Gasteiger partial charge in [-0.3, -0.25) is 19.7 Å². The number of amides is 2. The molecule has 2 aromatic heterocycles. The van der Waals surface area contributed by atoms with Gasteiger partial charge in [0.2, 0.25) is 11.8 Å². The normalized spacial score (nSPS) is 11.6. The highest BCUT2D eigenvalue weighted by molar-refractivity contribution is 6.30. The van der Waals surface area contributed by atoms with Gasteiger partial charge in [-0.25, -0.2) is 0 Å². The zero-order valence-corrected chi connectivity index (χ0v) is 21.0. The van der Waals surface area contributed by atoms with Crippen molar-refractivity contribution in [3.8, 4) is 22.4 Å². The van der Waals surface area contributed by atoms with Crippen LogP contribution < -0.4 is 10.6 Å². The van der Waals surface area contributed by atoms with E-state index in [-0.39, 0.29) is 18.2 Å². The predicted octanol–water partition coefficient (Wildman–Crippen LogP) is 5.57. The highest BCUT2D eigenvalue weighted by Gasteiger charge is 2.21. The minimum atomic E-state index is -0.675. The lowest BCUT2D eigenvalue weighted by molar-refractivity contribution is -0.126. The number of carbonyl (C=O) groups excluding carboxylic acids is 2. The zero-order chi connectivity index (χ0) is 25.5. The third kappa shape index (κ3) is 6.37. The molecule has 0 spiro atoms. The van der Waals surface area contributed by atoms with Crippen LogP contribution in [0.25, 0.3) is 22.4 Å². The smallest absolute Gasteiger partial charge is 0.248 e. The van der Waals surface area contributed by atoms with Gasteiger partial charge in [0, 0.05) is 29.0 Å². The van der Waals surface area contributed by atoms with Crippen molar-refractivity contribution in [3.63, 3.8) is 0 Å². The van der Waals surface area contributed by atoms with E-state index in [2.05, 4.69) is 25.8 Å². The van der Waals surface area contributed by atoms with Crippen LogP contribution in [0.15, 0.2) is 73.1 Å². The van der Waals surface area contributed by atoms with Crippen LogP contribution in [0.3, 0.4) is 0 Å². The second-order valence-electron chi connectivity index (χ2n) is 8.65. The lowest BCUT2D eigenvalue weighted by Crippen LogP contribution is -2.44. The largest absolute Gasteiger partial charge is 0.344 e. The molecule has 4 aromatic rings. The van der Waals surface area contributed by atoms with Crippen LogP contribution in [-0.4, -0.2) is 33.0 Å². The van der Waals surface area contributed by atoms with Crippen LogP contribution >= 0.6 is 11.6 Å². The Bertz CT molecular complexity index is 1350. The Morgan fingerprint density at radius 1 is 1.03 bits per heavy atom. The molecule has 2 aromatic carbocycles. The number of nitrogens with zero attached hydrogens (tertiary/aromatic N) is 2. The molecule has 184 valence electrons. The van der Waals surface area contributed by atoms with Gasteiger partial charge in [0.25, 0.3) is 0 Å². The molecule has 36 heavy (non-hydrogen) atoms. The molecule has 0 fully saturated rings. The molecule has 0 aliphatic rings. The van der Waals surface area contributed by atoms with E-state index in [0.717, 1.165) is 39.9 Å². The van der Waals surface area contributed by atoms with E-state index in [1.807, 2.05) is 56.3 Å². The van der Waals surface area contributed by atoms with Gasteiger partial charge in [-0.1, -0.05) is 61.3 Å². The average Bonchev–Trinajstić information content (AvgIpc) is 3.33. The van der Waals surface area contributed by atoms with E-state index >= 15 is 0 Å². The summed E-state index contributed by atoms with van der Waals surface area (Å²) >= 11 is 5.95. The number of pyridine rings is 1. The predicted molar refractivity (Wildman–Crippen MR) is 143 cm³/mol. The summed E-state index contributed by atoms with van der Waals surface area (Å²) in [4.78, 5) is 30.1. The van der Waals surface area contributed by atoms with Crippen LogP contribution in [0.2, 0.25) is 5.02 Å². The van der Waals surface area contributed by atoms with Crippen molar-refractivity contribution in [2.45, 2.75) is 39.2 Å². The number of aryl methyl sites for hydroxylation is 1. The van der Waals surface area contributed by atoms with Crippen molar-refractivity contribution in [2.24, 2.45) is 0 Å². The molecule has 3 N–H and O–H groups in total. The number of rotatable bonds is 9. The number of aromatic amines is 1. The maximum absolute atomic E-state index is 12.9. The van der Waals surface area contributed by atoms with E-state index in [0.29, 0.717) is 17.3 Å². The monoisotopic (exact) mass is 501 g/mol. The fourth-order valence-electron chi connectivity index (χ4n) is 3.99. The number of benzene rings is 2. The standard InChI is InChI=1S/C28H28ClN5O2/c1-3-6-24(28(36)32-26-15-25(33-34-26)20-9-11-22(29)12-10-20)31-27(35)14-19-13-21(17-30-16-19)23-8-5-4-7-18(23)2/h4-5,7-13,15-17,24H,3,6,14H2,1-2H3,(H,31,35)(H2,32,33,34,36). The van der Waals surface area contributed by atoms with Crippen molar-refractivity contribution in [1.82, 2.24) is 20.5 Å². The summed E-state index contributed by atoms with van der Waals surface area (Å²) in [6.07, 6.45) is 4.84. The van der Waals surface area contributed by atoms with Gasteiger partial charge >= 0.3 is 0 Å². The molecule has 7 nitrogen and oxygen atoms in total. The SMILES string of the molecule is CCCC(NC(=O)Cc1cncc(-c2ccccc2C)c1)C(=O)Nc1cc(-c2ccc(Cl)cc2)[nH]n1. The highest BCUT2D eigenvalue weighted by atomic mass is 35.5. The number of nitrogens with one attached hydrogen (secondary N) is 3. The molecule has 0 saturated carbocycles. The van der Waals surface area contributed by atoms with Crippen LogP contribution in [0.1, 0.15) is 30.9 Å². The highest BCUT2D eigenvalue weighted by Crippen LogP contribution is 2.24. The molecular formula is C28H28ClN5O2. The maximum Gasteiger partial charge on any atom is 0.248 e. The molecule has 0 aliphatic heterocycles. The lowest BCUT2D eigenvalue weighted by Gasteiger charge is -2.17. The Balaban J connectivity index is 1.40. The Morgan fingerprint density at radius 3 is 2.56 bits per heavy atom. The molecule has 1 unspecified atom stereocenters. The quantitative estimate of drug-likeness (QED) is 0.279. The van der Waals surface area contributed by atoms with Crippen LogP contribution in [0, 0.1) is 6.92 Å². The first-order valence-corrected chi connectivity index (χ1v) is 12.2. The van der Waals surface area contributed by atoms with Gasteiger partial charge in [0.15, 0.2) is 5.82 Å². The summed E-state index contributed by atoms with van der Waals surface area (Å²) in [6, 6.07) is 18.4. The van der Waals surface area contributed by atoms with E-state index in [1.54, 1.807) is 30.6 Å². The van der Waals surface area contributed by atoms with Gasteiger partial charge in [-0.15, -0.1) is 0 Å². The fourth-order valence-corrected chi connectivity index (χ4v) is 4.12. The van der Waals surface area contributed by atoms with Crippen molar-refractivity contribution >= 4 is 29.2 Å². The van der Waals surface area contributed by atoms with Gasteiger partial charge in [-0.05, 0) is 53.8 Å². The van der Waals surface area contributed by atoms with Crippen LogP contribution in [0.5, 0.6) is 0 Å². The molecule has 1 atom stereocenters. The third-order valence-electron chi connectivity index (χ3n) is 5.83. The lowest BCUT2D eigenvalue weighted by atomic mass is 10.0. The van der Waals surface area contributed by atoms with E-state index in [9.17, 15) is 9.59 Å². The fraction of sp³-hybridized carbons (Fsp3) is 0.214. The van der Waals surface area contributed by atoms with Crippen molar-refractivity contribution < 1.29 is 9.59 Å². The van der Waals surface area contributed by atoms with Crippen molar-refractivity contribution in [1.29, 1.82) is 0 Å². The first-order chi connectivity index (χ1) is 17.4. The number of anilines is 1. The zero-order valence-electron chi connectivity index (χ0n) is 20.2. The number of hydrogen-bond acceptors (Lipinski definition) is 4. The van der Waals surface area contributed by atoms with E-state index in [1.165, 1.54) is 0 Å². The van der Waals surface area contributed by atoms with Crippen LogP contribution in [0.4, 0.5) is 5.82 Å². The molecular weight excluding hydrogens is 474 g/mol. The summed E-state index contributed by atoms with van der Waals surface area (Å²) in [6.45, 7) is 4.01. The summed E-state index contributed by atoms with van der Waals surface area (Å²) < 4.78 is 0. The Kier molecular flexibility index (Phi) is 8.13. The number of carbonyl (C=O) groups is 2. The van der Waals surface area contributed by atoms with Crippen LogP contribution in [-0.2, 0) is 16.0 Å². The molecule has 0 bridgehead atoms. The Hall–Kier alpha value is -3.97. The molecule has 2 amide bonds. The first kappa shape index (κ1) is 25.1. The topological polar surface area (TPSA) is 99.8 Å². The van der Waals surface area contributed by atoms with Gasteiger partial charge in [0.05, 0.1) is 12.1 Å². The molecule has 0 saturated heterocycles. The third-order valence-corrected chi connectivity index (χ3v) is 6.08. The number of halogens is 1. The second-order valence-corrected chi connectivity index (χ2v) is 9.08. The van der Waals surface area contributed by atoms with Gasteiger partial charge in [0.1, 0.15) is 6.04 Å². The maximum atomic E-state index is 12.9. The van der Waals surface area contributed by atoms with Crippen molar-refractivity contribution in [2.75, 3.05) is 5.32 Å². The minimum Gasteiger partial charge on any atom is -0.344 e. The van der Waals surface area contributed by atoms with E-state index < -0.39 is 6.04 Å². The molecule has 2 heterocycles. The molecule has 4 rings (SSSR count). The van der Waals surface area contributed by atoms with Gasteiger partial charge < -0.3 is 10.6 Å². The van der Waals surface area contributed by atoms with E-state index in [4.69, 9.17) is 11.6 Å². The Morgan fingerprint density at radius 2 is 1.81 bits per heavy atom. The number of aromatic nitrogens is 3. The summed E-state index contributed by atoms with van der Waals surface area (Å²) in [5, 5.41) is 13.4. The Labute approximate surface area is 215 Å².